The second-order valence-electron chi connectivity index (χ2n) is 6.89. The minimum atomic E-state index is -1.55. The molecule has 0 unspecified atom stereocenters. The third-order valence-corrected chi connectivity index (χ3v) is 4.71. The molecule has 0 saturated heterocycles. The molecule has 154 valence electrons. The van der Waals surface area contributed by atoms with Crippen molar-refractivity contribution in [1.82, 2.24) is 0 Å². The number of esters is 1. The fourth-order valence-corrected chi connectivity index (χ4v) is 3.06. The second-order valence-corrected chi connectivity index (χ2v) is 6.89. The number of aryl methyl sites for hydroxylation is 1. The molecule has 0 radical (unpaired) electrons. The summed E-state index contributed by atoms with van der Waals surface area (Å²) in [6, 6.07) is 12.8. The van der Waals surface area contributed by atoms with Gasteiger partial charge in [0.15, 0.2) is 0 Å². The van der Waals surface area contributed by atoms with Crippen LogP contribution in [-0.4, -0.2) is 34.7 Å². The third kappa shape index (κ3) is 7.67. The lowest BCUT2D eigenvalue weighted by atomic mass is 9.80. The molecule has 7 nitrogen and oxygen atoms in total. The molecule has 0 amide bonds. The van der Waals surface area contributed by atoms with Crippen LogP contribution in [0.4, 0.5) is 5.69 Å². The molecule has 0 atom stereocenters. The van der Waals surface area contributed by atoms with Crippen LogP contribution in [-0.2, 0) is 11.2 Å². The van der Waals surface area contributed by atoms with Crippen LogP contribution in [0.3, 0.4) is 0 Å². The van der Waals surface area contributed by atoms with Gasteiger partial charge >= 0.3 is 13.1 Å². The number of nitro groups is 1. The van der Waals surface area contributed by atoms with E-state index in [0.29, 0.717) is 24.1 Å². The van der Waals surface area contributed by atoms with Gasteiger partial charge in [0.2, 0.25) is 0 Å². The van der Waals surface area contributed by atoms with Gasteiger partial charge in [-0.2, -0.15) is 0 Å². The lowest BCUT2D eigenvalue weighted by Crippen LogP contribution is -2.29. The van der Waals surface area contributed by atoms with Crippen LogP contribution in [0.5, 0.6) is 0 Å². The van der Waals surface area contributed by atoms with E-state index in [1.807, 2.05) is 12.1 Å². The first-order chi connectivity index (χ1) is 14.0. The zero-order valence-electron chi connectivity index (χ0n) is 16.3. The Bertz CT molecular complexity index is 794. The minimum Gasteiger partial charge on any atom is -0.462 e. The molecule has 8 heteroatoms. The monoisotopic (exact) mass is 399 g/mol. The van der Waals surface area contributed by atoms with Gasteiger partial charge in [-0.1, -0.05) is 56.0 Å². The Kier molecular flexibility index (Phi) is 9.33. The van der Waals surface area contributed by atoms with Crippen molar-refractivity contribution >= 4 is 24.2 Å². The molecule has 2 aromatic carbocycles. The zero-order chi connectivity index (χ0) is 21.1. The number of nitrogens with zero attached hydrogens (tertiary/aromatic N) is 1. The number of unbranched alkanes of at least 4 members (excludes halogenated alkanes) is 5. The van der Waals surface area contributed by atoms with Crippen LogP contribution in [0.15, 0.2) is 48.5 Å². The molecule has 0 aliphatic carbocycles. The number of carbonyl (C=O) groups is 1. The van der Waals surface area contributed by atoms with E-state index in [1.54, 1.807) is 12.1 Å². The number of hydrogen-bond acceptors (Lipinski definition) is 6. The first-order valence-electron chi connectivity index (χ1n) is 9.84. The molecule has 2 aromatic rings. The number of para-hydroxylation sites is 1. The van der Waals surface area contributed by atoms with Crippen LogP contribution in [0.25, 0.3) is 0 Å². The average Bonchev–Trinajstić information content (AvgIpc) is 2.72. The van der Waals surface area contributed by atoms with Gasteiger partial charge in [-0.15, -0.1) is 0 Å². The van der Waals surface area contributed by atoms with Crippen LogP contribution < -0.4 is 5.46 Å². The van der Waals surface area contributed by atoms with Gasteiger partial charge in [-0.3, -0.25) is 10.1 Å². The van der Waals surface area contributed by atoms with E-state index in [2.05, 4.69) is 0 Å². The van der Waals surface area contributed by atoms with Crippen molar-refractivity contribution < 1.29 is 24.5 Å². The summed E-state index contributed by atoms with van der Waals surface area (Å²) in [4.78, 5) is 22.6. The molecule has 0 heterocycles. The number of ether oxygens (including phenoxy) is 1. The van der Waals surface area contributed by atoms with E-state index in [4.69, 9.17) is 14.8 Å². The van der Waals surface area contributed by atoms with Crippen LogP contribution in [0.2, 0.25) is 0 Å². The molecule has 0 saturated carbocycles. The predicted octanol–water partition coefficient (Wildman–Crippen LogP) is 3.01. The fourth-order valence-electron chi connectivity index (χ4n) is 3.06. The van der Waals surface area contributed by atoms with Crippen molar-refractivity contribution in [3.8, 4) is 0 Å². The SMILES string of the molecule is O=C(OCCCCCCCCc1ccccc1[N+](=O)[O-])c1ccc(B(O)O)cc1. The van der Waals surface area contributed by atoms with Gasteiger partial charge in [-0.25, -0.2) is 4.79 Å². The molecule has 0 bridgehead atoms. The normalized spacial score (nSPS) is 10.6. The summed E-state index contributed by atoms with van der Waals surface area (Å²) in [5, 5.41) is 29.1. The number of hydrogen-bond donors (Lipinski definition) is 2. The largest absolute Gasteiger partial charge is 0.488 e. The highest BCUT2D eigenvalue weighted by Gasteiger charge is 2.13. The molecule has 2 N–H and O–H groups in total. The lowest BCUT2D eigenvalue weighted by molar-refractivity contribution is -0.385. The molecule has 0 aliphatic rings. The lowest BCUT2D eigenvalue weighted by Gasteiger charge is -2.06. The molecular formula is C21H26BNO6. The molecule has 29 heavy (non-hydrogen) atoms. The number of benzene rings is 2. The summed E-state index contributed by atoms with van der Waals surface area (Å²) < 4.78 is 5.22. The van der Waals surface area contributed by atoms with E-state index in [9.17, 15) is 14.9 Å². The summed E-state index contributed by atoms with van der Waals surface area (Å²) >= 11 is 0. The zero-order valence-corrected chi connectivity index (χ0v) is 16.3. The topological polar surface area (TPSA) is 110 Å². The van der Waals surface area contributed by atoms with Crippen molar-refractivity contribution in [2.45, 2.75) is 44.9 Å². The molecular weight excluding hydrogens is 373 g/mol. The first kappa shape index (κ1) is 22.6. The van der Waals surface area contributed by atoms with Gasteiger partial charge in [0.25, 0.3) is 5.69 Å². The molecule has 0 aliphatic heterocycles. The van der Waals surface area contributed by atoms with Gasteiger partial charge < -0.3 is 14.8 Å². The molecule has 2 rings (SSSR count). The van der Waals surface area contributed by atoms with Crippen LogP contribution in [0, 0.1) is 10.1 Å². The molecule has 0 spiro atoms. The van der Waals surface area contributed by atoms with Gasteiger partial charge in [0.1, 0.15) is 0 Å². The summed E-state index contributed by atoms with van der Waals surface area (Å²) in [5.74, 6) is -0.423. The van der Waals surface area contributed by atoms with Gasteiger partial charge in [-0.05, 0) is 36.9 Å². The van der Waals surface area contributed by atoms with E-state index in [0.717, 1.165) is 44.1 Å². The average molecular weight is 399 g/mol. The Morgan fingerprint density at radius 3 is 2.21 bits per heavy atom. The Balaban J connectivity index is 1.54. The van der Waals surface area contributed by atoms with E-state index in [-0.39, 0.29) is 10.6 Å². The standard InChI is InChI=1S/C21H26BNO6/c24-21(18-12-14-19(15-13-18)22(25)26)29-16-8-4-2-1-3-5-9-17-10-6-7-11-20(17)23(27)28/h6-7,10-15,25-26H,1-5,8-9,16H2. The Morgan fingerprint density at radius 2 is 1.55 bits per heavy atom. The first-order valence-corrected chi connectivity index (χ1v) is 9.84. The highest BCUT2D eigenvalue weighted by atomic mass is 16.6. The van der Waals surface area contributed by atoms with Crippen LogP contribution >= 0.6 is 0 Å². The van der Waals surface area contributed by atoms with Crippen LogP contribution in [0.1, 0.15) is 54.4 Å². The van der Waals surface area contributed by atoms with Gasteiger partial charge in [0, 0.05) is 11.6 Å². The number of rotatable bonds is 12. The highest BCUT2D eigenvalue weighted by Crippen LogP contribution is 2.20. The van der Waals surface area contributed by atoms with Crippen molar-refractivity contribution in [1.29, 1.82) is 0 Å². The summed E-state index contributed by atoms with van der Waals surface area (Å²) in [5.41, 5.74) is 1.68. The van der Waals surface area contributed by atoms with E-state index >= 15 is 0 Å². The second kappa shape index (κ2) is 12.0. The highest BCUT2D eigenvalue weighted by molar-refractivity contribution is 6.58. The maximum atomic E-state index is 11.9. The summed E-state index contributed by atoms with van der Waals surface area (Å²) in [7, 11) is -1.55. The maximum Gasteiger partial charge on any atom is 0.488 e. The van der Waals surface area contributed by atoms with Crippen molar-refractivity contribution in [2.75, 3.05) is 6.61 Å². The number of nitro benzene ring substituents is 1. The van der Waals surface area contributed by atoms with Crippen molar-refractivity contribution in [3.05, 3.63) is 69.8 Å². The Hall–Kier alpha value is -2.71. The Morgan fingerprint density at radius 1 is 0.931 bits per heavy atom. The van der Waals surface area contributed by atoms with Gasteiger partial charge in [0.05, 0.1) is 17.1 Å². The third-order valence-electron chi connectivity index (χ3n) is 4.71. The van der Waals surface area contributed by atoms with Crippen molar-refractivity contribution in [3.63, 3.8) is 0 Å². The minimum absolute atomic E-state index is 0.191. The van der Waals surface area contributed by atoms with Crippen molar-refractivity contribution in [2.24, 2.45) is 0 Å². The fraction of sp³-hybridized carbons (Fsp3) is 0.381. The predicted molar refractivity (Wildman–Crippen MR) is 111 cm³/mol. The number of carbonyl (C=O) groups excluding carboxylic acids is 1. The quantitative estimate of drug-likeness (QED) is 0.187. The maximum absolute atomic E-state index is 11.9. The summed E-state index contributed by atoms with van der Waals surface area (Å²) in [6.45, 7) is 0.347. The molecule has 0 aromatic heterocycles. The van der Waals surface area contributed by atoms with E-state index < -0.39 is 13.1 Å². The Labute approximate surface area is 170 Å². The molecule has 0 fully saturated rings. The summed E-state index contributed by atoms with van der Waals surface area (Å²) in [6.07, 6.45) is 6.43. The smallest absolute Gasteiger partial charge is 0.462 e. The van der Waals surface area contributed by atoms with E-state index in [1.165, 1.54) is 24.3 Å².